The third kappa shape index (κ3) is 4.29. The molecule has 7 nitrogen and oxygen atoms in total. The van der Waals surface area contributed by atoms with Crippen LogP contribution >= 0.6 is 11.6 Å². The molecule has 1 heterocycles. The Morgan fingerprint density at radius 2 is 1.89 bits per heavy atom. The van der Waals surface area contributed by atoms with Gasteiger partial charge in [0, 0.05) is 31.2 Å². The van der Waals surface area contributed by atoms with Gasteiger partial charge < -0.3 is 9.30 Å². The second-order valence-corrected chi connectivity index (χ2v) is 7.97. The van der Waals surface area contributed by atoms with E-state index in [4.69, 9.17) is 16.3 Å². The Bertz CT molecular complexity index is 1040. The monoisotopic (exact) mass is 406 g/mol. The zero-order valence-corrected chi connectivity index (χ0v) is 16.5. The van der Waals surface area contributed by atoms with Gasteiger partial charge in [0.1, 0.15) is 5.82 Å². The fourth-order valence-corrected chi connectivity index (χ4v) is 3.87. The van der Waals surface area contributed by atoms with Gasteiger partial charge in [0.2, 0.25) is 0 Å². The Kier molecular flexibility index (Phi) is 5.79. The first-order valence-electron chi connectivity index (χ1n) is 8.17. The number of hydrogen-bond donors (Lipinski definition) is 1. The molecule has 0 saturated carbocycles. The highest BCUT2D eigenvalue weighted by Gasteiger charge is 2.20. The molecule has 27 heavy (non-hydrogen) atoms. The van der Waals surface area contributed by atoms with E-state index in [0.29, 0.717) is 35.1 Å². The van der Waals surface area contributed by atoms with Crippen molar-refractivity contribution in [2.24, 2.45) is 7.05 Å². The Labute approximate surface area is 163 Å². The summed E-state index contributed by atoms with van der Waals surface area (Å²) < 4.78 is 34.9. The van der Waals surface area contributed by atoms with E-state index in [1.807, 2.05) is 7.05 Å². The number of methoxy groups -OCH3 is 1. The largest absolute Gasteiger partial charge is 0.384 e. The minimum absolute atomic E-state index is 0.171. The molecule has 0 aliphatic carbocycles. The molecule has 3 rings (SSSR count). The van der Waals surface area contributed by atoms with Crippen LogP contribution in [0.4, 0.5) is 5.69 Å². The highest BCUT2D eigenvalue weighted by atomic mass is 35.5. The lowest BCUT2D eigenvalue weighted by atomic mass is 10.1. The quantitative estimate of drug-likeness (QED) is 0.651. The van der Waals surface area contributed by atoms with Crippen LogP contribution in [0.3, 0.4) is 0 Å². The number of ether oxygens (including phenoxy) is 1. The average molecular weight is 407 g/mol. The molecule has 0 fully saturated rings. The van der Waals surface area contributed by atoms with E-state index in [0.717, 1.165) is 5.82 Å². The van der Waals surface area contributed by atoms with Crippen LogP contribution in [0, 0.1) is 0 Å². The van der Waals surface area contributed by atoms with Crippen LogP contribution in [0.2, 0.25) is 5.02 Å². The minimum Gasteiger partial charge on any atom is -0.384 e. The topological polar surface area (TPSA) is 86.1 Å². The fraction of sp³-hybridized carbons (Fsp3) is 0.222. The molecule has 1 N–H and O–H groups in total. The summed E-state index contributed by atoms with van der Waals surface area (Å²) in [6, 6.07) is 13.1. The molecule has 0 aliphatic heterocycles. The van der Waals surface area contributed by atoms with Gasteiger partial charge in [-0.15, -0.1) is 10.2 Å². The minimum atomic E-state index is -3.75. The van der Waals surface area contributed by atoms with Crippen molar-refractivity contribution in [3.05, 3.63) is 59.4 Å². The summed E-state index contributed by atoms with van der Waals surface area (Å²) in [7, 11) is -0.315. The van der Waals surface area contributed by atoms with Gasteiger partial charge in [0.25, 0.3) is 10.0 Å². The summed E-state index contributed by atoms with van der Waals surface area (Å²) in [5.41, 5.74) is 0.915. The molecule has 0 aliphatic rings. The molecule has 142 valence electrons. The van der Waals surface area contributed by atoms with Gasteiger partial charge in [-0.05, 0) is 30.3 Å². The van der Waals surface area contributed by atoms with Gasteiger partial charge in [0.05, 0.1) is 17.2 Å². The SMILES string of the molecule is COCCc1nnc(-c2cc(Cl)ccc2NS(=O)(=O)c2ccccc2)n1C. The van der Waals surface area contributed by atoms with Gasteiger partial charge in [-0.25, -0.2) is 8.42 Å². The normalized spacial score (nSPS) is 11.5. The standard InChI is InChI=1S/C18H19ClN4O3S/c1-23-17(10-11-26-2)20-21-18(23)15-12-13(19)8-9-16(15)22-27(24,25)14-6-4-3-5-7-14/h3-9,12,22H,10-11H2,1-2H3. The number of halogens is 1. The summed E-state index contributed by atoms with van der Waals surface area (Å²) in [6.45, 7) is 0.509. The summed E-state index contributed by atoms with van der Waals surface area (Å²) in [5.74, 6) is 1.23. The Morgan fingerprint density at radius 1 is 1.15 bits per heavy atom. The van der Waals surface area contributed by atoms with Gasteiger partial charge in [-0.1, -0.05) is 29.8 Å². The van der Waals surface area contributed by atoms with Crippen molar-refractivity contribution in [2.75, 3.05) is 18.4 Å². The Balaban J connectivity index is 2.01. The first kappa shape index (κ1) is 19.3. The van der Waals surface area contributed by atoms with Crippen molar-refractivity contribution in [3.8, 4) is 11.4 Å². The van der Waals surface area contributed by atoms with Crippen molar-refractivity contribution in [1.82, 2.24) is 14.8 Å². The predicted octanol–water partition coefficient (Wildman–Crippen LogP) is 3.13. The van der Waals surface area contributed by atoms with Gasteiger partial charge in [-0.2, -0.15) is 0 Å². The molecule has 0 saturated heterocycles. The maximum absolute atomic E-state index is 12.7. The molecular formula is C18H19ClN4O3S. The predicted molar refractivity (Wildman–Crippen MR) is 104 cm³/mol. The molecule has 3 aromatic rings. The third-order valence-electron chi connectivity index (χ3n) is 4.02. The number of anilines is 1. The van der Waals surface area contributed by atoms with E-state index in [2.05, 4.69) is 14.9 Å². The van der Waals surface area contributed by atoms with Crippen LogP contribution in [0.25, 0.3) is 11.4 Å². The van der Waals surface area contributed by atoms with E-state index in [-0.39, 0.29) is 4.90 Å². The molecule has 0 atom stereocenters. The van der Waals surface area contributed by atoms with Gasteiger partial charge in [0.15, 0.2) is 5.82 Å². The van der Waals surface area contributed by atoms with E-state index in [1.54, 1.807) is 48.1 Å². The van der Waals surface area contributed by atoms with Crippen molar-refractivity contribution in [2.45, 2.75) is 11.3 Å². The van der Waals surface area contributed by atoms with Crippen LogP contribution < -0.4 is 4.72 Å². The van der Waals surface area contributed by atoms with Crippen LogP contribution in [0.5, 0.6) is 0 Å². The van der Waals surface area contributed by atoms with Crippen LogP contribution in [-0.4, -0.2) is 36.9 Å². The van der Waals surface area contributed by atoms with Crippen LogP contribution in [0.1, 0.15) is 5.82 Å². The first-order valence-corrected chi connectivity index (χ1v) is 10.0. The summed E-state index contributed by atoms with van der Waals surface area (Å²) >= 11 is 6.14. The second kappa shape index (κ2) is 8.08. The first-order chi connectivity index (χ1) is 12.9. The molecule has 0 radical (unpaired) electrons. The average Bonchev–Trinajstić information content (AvgIpc) is 3.02. The smallest absolute Gasteiger partial charge is 0.261 e. The van der Waals surface area contributed by atoms with Gasteiger partial charge in [-0.3, -0.25) is 4.72 Å². The van der Waals surface area contributed by atoms with Crippen molar-refractivity contribution < 1.29 is 13.2 Å². The zero-order valence-electron chi connectivity index (χ0n) is 14.9. The number of nitrogens with zero attached hydrogens (tertiary/aromatic N) is 3. The lowest BCUT2D eigenvalue weighted by Crippen LogP contribution is -2.14. The van der Waals surface area contributed by atoms with Crippen molar-refractivity contribution >= 4 is 27.3 Å². The number of hydrogen-bond acceptors (Lipinski definition) is 5. The van der Waals surface area contributed by atoms with E-state index < -0.39 is 10.0 Å². The van der Waals surface area contributed by atoms with E-state index >= 15 is 0 Å². The fourth-order valence-electron chi connectivity index (χ4n) is 2.60. The van der Waals surface area contributed by atoms with E-state index in [9.17, 15) is 8.42 Å². The number of benzene rings is 2. The molecule has 0 amide bonds. The van der Waals surface area contributed by atoms with Crippen LogP contribution in [0.15, 0.2) is 53.4 Å². The number of aromatic nitrogens is 3. The molecule has 9 heteroatoms. The number of rotatable bonds is 7. The summed E-state index contributed by atoms with van der Waals surface area (Å²) in [5, 5.41) is 8.84. The van der Waals surface area contributed by atoms with Gasteiger partial charge >= 0.3 is 0 Å². The molecule has 0 unspecified atom stereocenters. The van der Waals surface area contributed by atoms with Crippen molar-refractivity contribution in [3.63, 3.8) is 0 Å². The zero-order chi connectivity index (χ0) is 19.4. The second-order valence-electron chi connectivity index (χ2n) is 5.85. The van der Waals surface area contributed by atoms with E-state index in [1.165, 1.54) is 12.1 Å². The Morgan fingerprint density at radius 3 is 2.59 bits per heavy atom. The lowest BCUT2D eigenvalue weighted by Gasteiger charge is -2.13. The highest BCUT2D eigenvalue weighted by molar-refractivity contribution is 7.92. The maximum Gasteiger partial charge on any atom is 0.261 e. The number of sulfonamides is 1. The highest BCUT2D eigenvalue weighted by Crippen LogP contribution is 2.31. The molecule has 2 aromatic carbocycles. The molecule has 0 bridgehead atoms. The third-order valence-corrected chi connectivity index (χ3v) is 5.63. The number of nitrogens with one attached hydrogen (secondary N) is 1. The molecular weight excluding hydrogens is 388 g/mol. The summed E-state index contributed by atoms with van der Waals surface area (Å²) in [4.78, 5) is 0.171. The summed E-state index contributed by atoms with van der Waals surface area (Å²) in [6.07, 6.45) is 0.589. The molecule has 1 aromatic heterocycles. The Hall–Kier alpha value is -2.42. The molecule has 0 spiro atoms. The maximum atomic E-state index is 12.7. The van der Waals surface area contributed by atoms with Crippen molar-refractivity contribution in [1.29, 1.82) is 0 Å². The lowest BCUT2D eigenvalue weighted by molar-refractivity contribution is 0.200. The van der Waals surface area contributed by atoms with Crippen LogP contribution in [-0.2, 0) is 28.2 Å².